The third kappa shape index (κ3) is 6.47. The Morgan fingerprint density at radius 1 is 1.15 bits per heavy atom. The van der Waals surface area contributed by atoms with Crippen LogP contribution in [0.25, 0.3) is 0 Å². The first-order chi connectivity index (χ1) is 12.0. The molecule has 0 aromatic rings. The number of rotatable bonds is 11. The van der Waals surface area contributed by atoms with E-state index in [4.69, 9.17) is 4.43 Å². The van der Waals surface area contributed by atoms with Crippen LogP contribution in [0.1, 0.15) is 100 Å². The lowest BCUT2D eigenvalue weighted by Gasteiger charge is -2.42. The van der Waals surface area contributed by atoms with Crippen molar-refractivity contribution in [2.45, 2.75) is 124 Å². The molecule has 0 saturated heterocycles. The molecule has 0 aromatic carbocycles. The highest BCUT2D eigenvalue weighted by Crippen LogP contribution is 2.45. The molecule has 0 spiro atoms. The number of carbonyl (C=O) groups excluding carboxylic acids is 1. The second-order valence-corrected chi connectivity index (χ2v) is 14.7. The Kier molecular flexibility index (Phi) is 9.06. The lowest BCUT2D eigenvalue weighted by Crippen LogP contribution is -2.44. The molecule has 0 bridgehead atoms. The van der Waals surface area contributed by atoms with Gasteiger partial charge in [-0.2, -0.15) is 0 Å². The van der Waals surface area contributed by atoms with Crippen LogP contribution < -0.4 is 0 Å². The van der Waals surface area contributed by atoms with Gasteiger partial charge in [-0.05, 0) is 68.5 Å². The highest BCUT2D eigenvalue weighted by atomic mass is 28.4. The average Bonchev–Trinajstić information content (AvgIpc) is 2.58. The van der Waals surface area contributed by atoms with Crippen LogP contribution in [0.15, 0.2) is 0 Å². The molecule has 26 heavy (non-hydrogen) atoms. The first kappa shape index (κ1) is 23.9. The SMILES string of the molecule is CC[Si](CC)(CC)OC(C)(C)CCC[C@@H](C)[C@@H](C)[C@@]1(C)CCCC(=O)C1. The van der Waals surface area contributed by atoms with Gasteiger partial charge in [0.05, 0.1) is 5.60 Å². The Morgan fingerprint density at radius 3 is 2.23 bits per heavy atom. The average molecular weight is 383 g/mol. The van der Waals surface area contributed by atoms with E-state index in [0.29, 0.717) is 17.6 Å². The molecular weight excluding hydrogens is 336 g/mol. The zero-order valence-corrected chi connectivity index (χ0v) is 20.0. The Balaban J connectivity index is 2.53. The molecule has 0 heterocycles. The van der Waals surface area contributed by atoms with Crippen LogP contribution in [0.5, 0.6) is 0 Å². The van der Waals surface area contributed by atoms with Crippen LogP contribution in [0, 0.1) is 17.3 Å². The van der Waals surface area contributed by atoms with Crippen LogP contribution in [-0.2, 0) is 9.22 Å². The summed E-state index contributed by atoms with van der Waals surface area (Å²) in [6.07, 6.45) is 7.53. The van der Waals surface area contributed by atoms with Gasteiger partial charge in [0.1, 0.15) is 5.78 Å². The number of ketones is 1. The molecule has 1 fully saturated rings. The molecule has 1 aliphatic carbocycles. The number of hydrogen-bond acceptors (Lipinski definition) is 2. The van der Waals surface area contributed by atoms with Crippen molar-refractivity contribution < 1.29 is 9.22 Å². The van der Waals surface area contributed by atoms with E-state index >= 15 is 0 Å². The largest absolute Gasteiger partial charge is 0.412 e. The van der Waals surface area contributed by atoms with Crippen molar-refractivity contribution in [1.29, 1.82) is 0 Å². The number of carbonyl (C=O) groups is 1. The molecule has 1 aliphatic rings. The third-order valence-electron chi connectivity index (χ3n) is 7.62. The molecule has 1 rings (SSSR count). The molecule has 154 valence electrons. The molecule has 0 aromatic heterocycles. The van der Waals surface area contributed by atoms with E-state index in [-0.39, 0.29) is 11.0 Å². The van der Waals surface area contributed by atoms with Crippen molar-refractivity contribution in [3.05, 3.63) is 0 Å². The summed E-state index contributed by atoms with van der Waals surface area (Å²) >= 11 is 0. The van der Waals surface area contributed by atoms with E-state index in [1.54, 1.807) is 0 Å². The summed E-state index contributed by atoms with van der Waals surface area (Å²) < 4.78 is 6.76. The Bertz CT molecular complexity index is 433. The predicted octanol–water partition coefficient (Wildman–Crippen LogP) is 7.38. The maximum atomic E-state index is 12.0. The molecule has 0 aliphatic heterocycles. The minimum absolute atomic E-state index is 0.00190. The van der Waals surface area contributed by atoms with Gasteiger partial charge < -0.3 is 4.43 Å². The number of hydrogen-bond donors (Lipinski definition) is 0. The predicted molar refractivity (Wildman–Crippen MR) is 116 cm³/mol. The standard InChI is InChI=1S/C23H46O2Si/c1-9-26(10-2,11-3)25-22(6,7)16-12-14-19(4)20(5)23(8)17-13-15-21(24)18-23/h19-20H,9-18H2,1-8H3/t19-,20-,23+/m1/s1. The number of Topliss-reactive ketones (excluding diaryl/α,β-unsaturated/α-hetero) is 1. The van der Waals surface area contributed by atoms with E-state index in [9.17, 15) is 4.79 Å². The van der Waals surface area contributed by atoms with Crippen molar-refractivity contribution >= 4 is 14.1 Å². The van der Waals surface area contributed by atoms with Crippen LogP contribution in [-0.4, -0.2) is 19.7 Å². The van der Waals surface area contributed by atoms with Crippen LogP contribution in [0.2, 0.25) is 18.1 Å². The minimum atomic E-state index is -1.54. The first-order valence-electron chi connectivity index (χ1n) is 11.2. The molecular formula is C23H46O2Si. The summed E-state index contributed by atoms with van der Waals surface area (Å²) in [7, 11) is -1.54. The van der Waals surface area contributed by atoms with Crippen molar-refractivity contribution in [1.82, 2.24) is 0 Å². The Labute approximate surface area is 165 Å². The molecule has 0 amide bonds. The van der Waals surface area contributed by atoms with Crippen molar-refractivity contribution in [2.75, 3.05) is 0 Å². The smallest absolute Gasteiger partial charge is 0.192 e. The van der Waals surface area contributed by atoms with Crippen LogP contribution in [0.3, 0.4) is 0 Å². The highest BCUT2D eigenvalue weighted by Gasteiger charge is 2.39. The van der Waals surface area contributed by atoms with Crippen LogP contribution in [0.4, 0.5) is 0 Å². The van der Waals surface area contributed by atoms with Crippen molar-refractivity contribution in [3.63, 3.8) is 0 Å². The quantitative estimate of drug-likeness (QED) is 0.348. The zero-order valence-electron chi connectivity index (χ0n) is 19.0. The molecule has 3 atom stereocenters. The van der Waals surface area contributed by atoms with Gasteiger partial charge in [0.15, 0.2) is 8.32 Å². The van der Waals surface area contributed by atoms with E-state index in [0.717, 1.165) is 25.7 Å². The van der Waals surface area contributed by atoms with E-state index < -0.39 is 8.32 Å². The van der Waals surface area contributed by atoms with Gasteiger partial charge in [0.25, 0.3) is 0 Å². The lowest BCUT2D eigenvalue weighted by molar-refractivity contribution is -0.125. The Morgan fingerprint density at radius 2 is 1.73 bits per heavy atom. The normalized spacial score (nSPS) is 24.5. The molecule has 3 heteroatoms. The van der Waals surface area contributed by atoms with Crippen molar-refractivity contribution in [2.24, 2.45) is 17.3 Å². The summed E-state index contributed by atoms with van der Waals surface area (Å²) in [5, 5.41) is 0. The van der Waals surface area contributed by atoms with Gasteiger partial charge in [-0.25, -0.2) is 0 Å². The van der Waals surface area contributed by atoms with Crippen molar-refractivity contribution in [3.8, 4) is 0 Å². The highest BCUT2D eigenvalue weighted by molar-refractivity contribution is 6.73. The monoisotopic (exact) mass is 382 g/mol. The minimum Gasteiger partial charge on any atom is -0.412 e. The molecule has 0 N–H and O–H groups in total. The molecule has 2 nitrogen and oxygen atoms in total. The van der Waals surface area contributed by atoms with Gasteiger partial charge in [-0.1, -0.05) is 54.4 Å². The van der Waals surface area contributed by atoms with E-state index in [2.05, 4.69) is 55.4 Å². The van der Waals surface area contributed by atoms with Crippen LogP contribution >= 0.6 is 0 Å². The fourth-order valence-electron chi connectivity index (χ4n) is 5.10. The maximum Gasteiger partial charge on any atom is 0.192 e. The summed E-state index contributed by atoms with van der Waals surface area (Å²) in [6, 6.07) is 3.68. The van der Waals surface area contributed by atoms with Gasteiger partial charge in [0, 0.05) is 12.8 Å². The summed E-state index contributed by atoms with van der Waals surface area (Å²) in [6.45, 7) is 18.7. The first-order valence-corrected chi connectivity index (χ1v) is 13.8. The summed E-state index contributed by atoms with van der Waals surface area (Å²) in [5.41, 5.74) is 0.220. The summed E-state index contributed by atoms with van der Waals surface area (Å²) in [4.78, 5) is 12.0. The van der Waals surface area contributed by atoms with Gasteiger partial charge >= 0.3 is 0 Å². The Hall–Kier alpha value is -0.153. The molecule has 0 radical (unpaired) electrons. The second kappa shape index (κ2) is 9.86. The van der Waals surface area contributed by atoms with Gasteiger partial charge in [-0.15, -0.1) is 0 Å². The van der Waals surface area contributed by atoms with E-state index in [1.165, 1.54) is 37.4 Å². The van der Waals surface area contributed by atoms with Gasteiger partial charge in [0.2, 0.25) is 0 Å². The summed E-state index contributed by atoms with van der Waals surface area (Å²) in [5.74, 6) is 1.77. The molecule has 0 unspecified atom stereocenters. The lowest BCUT2D eigenvalue weighted by atomic mass is 9.63. The fraction of sp³-hybridized carbons (Fsp3) is 0.957. The molecule has 1 saturated carbocycles. The van der Waals surface area contributed by atoms with Gasteiger partial charge in [-0.3, -0.25) is 4.79 Å². The second-order valence-electron chi connectivity index (χ2n) is 9.99. The van der Waals surface area contributed by atoms with E-state index in [1.807, 2.05) is 0 Å². The zero-order chi connectivity index (χ0) is 20.0. The fourth-order valence-corrected chi connectivity index (χ4v) is 8.30. The topological polar surface area (TPSA) is 26.3 Å². The third-order valence-corrected chi connectivity index (χ3v) is 12.5. The maximum absolute atomic E-state index is 12.0.